The monoisotopic (exact) mass is 1910 g/mol. The van der Waals surface area contributed by atoms with Gasteiger partial charge in [0, 0.05) is 87.8 Å². The van der Waals surface area contributed by atoms with Crippen LogP contribution in [-0.2, 0) is 86.9 Å². The number of benzene rings is 10. The molecule has 0 bridgehead atoms. The normalized spacial score (nSPS) is 10.9. The number of carbonyl (C=O) groups is 4. The molecule has 0 unspecified atom stereocenters. The molecule has 33 nitrogen and oxygen atoms in total. The van der Waals surface area contributed by atoms with E-state index in [0.29, 0.717) is 136 Å². The van der Waals surface area contributed by atoms with Gasteiger partial charge >= 0.3 is 23.9 Å². The summed E-state index contributed by atoms with van der Waals surface area (Å²) in [5.74, 6) is 8.12. The minimum atomic E-state index is -0.939. The summed E-state index contributed by atoms with van der Waals surface area (Å²) in [6, 6.07) is 77.3. The number of carboxylic acid groups (broad SMARTS) is 2. The van der Waals surface area contributed by atoms with Crippen molar-refractivity contribution in [2.75, 3.05) is 46.2 Å². The van der Waals surface area contributed by atoms with Gasteiger partial charge in [-0.2, -0.15) is 25.5 Å². The lowest BCUT2D eigenvalue weighted by Crippen LogP contribution is -2.14. The molecule has 0 aliphatic rings. The van der Waals surface area contributed by atoms with Crippen molar-refractivity contribution in [1.29, 1.82) is 0 Å². The van der Waals surface area contributed by atoms with Crippen LogP contribution in [0.2, 0.25) is 0 Å². The summed E-state index contributed by atoms with van der Waals surface area (Å²) in [4.78, 5) is 68.3. The molecule has 0 atom stereocenters. The Bertz CT molecular complexity index is 7360. The van der Waals surface area contributed by atoms with E-state index >= 15 is 0 Å². The number of H-pyrrole nitrogens is 1. The molecule has 35 heteroatoms. The Morgan fingerprint density at radius 3 is 0.944 bits per heavy atom. The molecule has 0 spiro atoms. The van der Waals surface area contributed by atoms with Crippen molar-refractivity contribution < 1.29 is 84.6 Å². The van der Waals surface area contributed by atoms with Crippen LogP contribution in [0.4, 0.5) is 0 Å². The number of rotatable bonds is 35. The van der Waals surface area contributed by atoms with Gasteiger partial charge in [0.1, 0.15) is 83.7 Å². The van der Waals surface area contributed by atoms with E-state index in [2.05, 4.69) is 71.0 Å². The molecule has 4 radical (unpaired) electrons. The van der Waals surface area contributed by atoms with Crippen molar-refractivity contribution in [3.63, 3.8) is 0 Å². The van der Waals surface area contributed by atoms with Crippen LogP contribution in [0, 0.1) is 34.6 Å². The first-order valence-electron chi connectivity index (χ1n) is 45.9. The number of carbonyl (C=O) groups excluding carboxylic acids is 2. The third-order valence-electron chi connectivity index (χ3n) is 22.2. The molecule has 10 aromatic carbocycles. The van der Waals surface area contributed by atoms with Crippen molar-refractivity contribution in [3.05, 3.63) is 331 Å². The second-order valence-electron chi connectivity index (χ2n) is 31.9. The highest BCUT2D eigenvalue weighted by Crippen LogP contribution is 2.34. The predicted molar refractivity (Wildman–Crippen MR) is 534 cm³/mol. The summed E-state index contributed by atoms with van der Waals surface area (Å²) in [5, 5.41) is 46.3. The SMILES string of the molecule is CCOC(=O)Cn1cc2c(OCCc3nc(-c4ccccc4)oc3C)cccc2n1.CCOC(=O)Cn1ncc2c(OCCc3nc(-c4ccccc4)oc3C)cccc21.Cc1oc(-c2ccccc2)nc1CCOc1cccc2[nH]ncc12.Cc1oc(-c2ccccc2)nc1CCOc1cccc2c1cnn2CC(=O)O.Cc1oc(-c2ccccc2)nc1CCOc1cccc2nn(CC(=O)O)cc12.[B][B]. The van der Waals surface area contributed by atoms with Gasteiger partial charge in [-0.05, 0) is 170 Å². The largest absolute Gasteiger partial charge is 0.492 e. The molecule has 3 N–H and O–H groups in total. The first-order valence-corrected chi connectivity index (χ1v) is 45.9. The van der Waals surface area contributed by atoms with E-state index < -0.39 is 11.9 Å². The first-order chi connectivity index (χ1) is 69.3. The average molecular weight is 1910 g/mol. The van der Waals surface area contributed by atoms with Gasteiger partial charge in [-0.15, -0.1) is 0 Å². The standard InChI is InChI=1S/2C23H23N3O4.2C21H19N3O4.C19H17N3O2.B2/c1-3-28-22(27)15-26-14-18-20(25-26)10-7-11-21(18)29-13-12-19-16(2)30-23(24-19)17-8-5-4-6-9-17;1-3-28-22(27)15-26-20-10-7-11-21(18(20)14-24-26)29-13-12-19-16(2)30-23(25-19)17-8-5-4-6-9-17;1-14-17(22-21(28-14)15-6-3-2-4-7-15)10-11-27-19-9-5-8-18-16(19)12-24(23-18)13-20(25)26;1-14-17(23-21(28-14)15-6-3-2-4-7-15)10-11-27-19-9-5-8-18-16(19)12-22-24(18)13-20(25)26;1-13-16(21-19(24-13)14-6-3-2-4-7-14)10-11-23-18-9-5-8-17-15(18)12-20-22-17;1-2/h2*4-11,14H,3,12-13,15H2,1-2H3;2*2-9,12H,10-11,13H2,1H3,(H,25,26);2-9,12H,10-11H2,1H3,(H,20,22);. The number of hydrogen-bond acceptors (Lipinski definition) is 26. The Hall–Kier alpha value is -17.4. The summed E-state index contributed by atoms with van der Waals surface area (Å²) in [5.41, 5.74) is 13.1. The minimum absolute atomic E-state index is 0.0706. The van der Waals surface area contributed by atoms with Crippen LogP contribution in [0.25, 0.3) is 112 Å². The Balaban J connectivity index is 0.000000133. The highest BCUT2D eigenvalue weighted by Gasteiger charge is 2.22. The van der Waals surface area contributed by atoms with E-state index in [1.165, 1.54) is 9.36 Å². The van der Waals surface area contributed by atoms with Crippen molar-refractivity contribution in [1.82, 2.24) is 74.2 Å². The van der Waals surface area contributed by atoms with Crippen molar-refractivity contribution in [3.8, 4) is 86.0 Å². The maximum Gasteiger partial charge on any atom is 0.327 e. The Morgan fingerprint density at radius 1 is 0.331 bits per heavy atom. The molecule has 0 saturated carbocycles. The van der Waals surface area contributed by atoms with Crippen LogP contribution in [0.1, 0.15) is 71.1 Å². The maximum absolute atomic E-state index is 11.8. The third kappa shape index (κ3) is 25.9. The van der Waals surface area contributed by atoms with Crippen molar-refractivity contribution in [2.24, 2.45) is 0 Å². The number of aromatic amines is 1. The van der Waals surface area contributed by atoms with Gasteiger partial charge in [-0.3, -0.25) is 43.0 Å². The summed E-state index contributed by atoms with van der Waals surface area (Å²) < 4.78 is 74.8. The number of ether oxygens (including phenoxy) is 7. The molecule has 10 aromatic heterocycles. The van der Waals surface area contributed by atoms with Gasteiger partial charge in [0.05, 0.1) is 148 Å². The van der Waals surface area contributed by atoms with Crippen LogP contribution in [0.5, 0.6) is 28.7 Å². The van der Waals surface area contributed by atoms with Crippen LogP contribution in [-0.4, -0.2) is 170 Å². The quantitative estimate of drug-likeness (QED) is 0.0245. The van der Waals surface area contributed by atoms with Gasteiger partial charge in [0.25, 0.3) is 0 Å². The molecular weight excluding hydrogens is 1800 g/mol. The smallest absolute Gasteiger partial charge is 0.327 e. The fourth-order valence-electron chi connectivity index (χ4n) is 15.3. The summed E-state index contributed by atoms with van der Waals surface area (Å²) in [6.07, 6.45) is 11.7. The second-order valence-corrected chi connectivity index (χ2v) is 31.9. The van der Waals surface area contributed by atoms with E-state index in [-0.39, 0.29) is 38.1 Å². The number of esters is 2. The minimum Gasteiger partial charge on any atom is -0.492 e. The molecule has 20 rings (SSSR count). The highest BCUT2D eigenvalue weighted by atomic mass is 16.5. The Labute approximate surface area is 818 Å². The number of nitrogens with one attached hydrogen (secondary N) is 1. The molecule has 0 amide bonds. The van der Waals surface area contributed by atoms with Gasteiger partial charge in [0.15, 0.2) is 0 Å². The molecule has 0 aliphatic heterocycles. The molecular formula is C107H101B2N15O18. The number of nitrogens with zero attached hydrogens (tertiary/aromatic N) is 14. The predicted octanol–water partition coefficient (Wildman–Crippen LogP) is 19.2. The van der Waals surface area contributed by atoms with E-state index in [9.17, 15) is 19.2 Å². The lowest BCUT2D eigenvalue weighted by molar-refractivity contribution is -0.144. The van der Waals surface area contributed by atoms with Crippen LogP contribution < -0.4 is 23.7 Å². The van der Waals surface area contributed by atoms with E-state index in [1.807, 2.05) is 277 Å². The topological polar surface area (TPSA) is 403 Å². The zero-order chi connectivity index (χ0) is 99.2. The van der Waals surface area contributed by atoms with Gasteiger partial charge in [-0.25, -0.2) is 24.9 Å². The second kappa shape index (κ2) is 48.6. The fraction of sp³-hybridized carbons (Fsp3) is 0.215. The summed E-state index contributed by atoms with van der Waals surface area (Å²) in [6.45, 7) is 15.8. The fourth-order valence-corrected chi connectivity index (χ4v) is 15.3. The number of fused-ring (bicyclic) bond motifs is 5. The molecule has 10 heterocycles. The summed E-state index contributed by atoms with van der Waals surface area (Å²) in [7, 11) is 8.00. The molecule has 0 aliphatic carbocycles. The van der Waals surface area contributed by atoms with Gasteiger partial charge in [-0.1, -0.05) is 121 Å². The van der Waals surface area contributed by atoms with Crippen LogP contribution >= 0.6 is 0 Å². The maximum atomic E-state index is 11.8. The zero-order valence-electron chi connectivity index (χ0n) is 79.1. The Kier molecular flexibility index (Phi) is 33.9. The Morgan fingerprint density at radius 2 is 0.620 bits per heavy atom. The van der Waals surface area contributed by atoms with Gasteiger partial charge < -0.3 is 65.5 Å². The molecule has 0 saturated heterocycles. The lowest BCUT2D eigenvalue weighted by atomic mass is 9.81. The average Bonchev–Trinajstić information content (AvgIpc) is 1.66. The molecule has 0 fully saturated rings. The number of oxazole rings is 5. The molecule has 20 aromatic rings. The first kappa shape index (κ1) is 99.1. The summed E-state index contributed by atoms with van der Waals surface area (Å²) >= 11 is 0. The van der Waals surface area contributed by atoms with E-state index in [0.717, 1.165) is 140 Å². The number of aryl methyl sites for hydroxylation is 5. The third-order valence-corrected chi connectivity index (χ3v) is 22.2. The highest BCUT2D eigenvalue weighted by molar-refractivity contribution is 6.75. The van der Waals surface area contributed by atoms with Crippen LogP contribution in [0.3, 0.4) is 0 Å². The van der Waals surface area contributed by atoms with Crippen molar-refractivity contribution >= 4 is 93.9 Å². The number of hydrogen-bond donors (Lipinski definition) is 3. The number of aromatic nitrogens is 15. The van der Waals surface area contributed by atoms with Gasteiger partial charge in [0.2, 0.25) is 29.5 Å². The van der Waals surface area contributed by atoms with Crippen molar-refractivity contribution in [2.45, 2.75) is 107 Å². The lowest BCUT2D eigenvalue weighted by Gasteiger charge is -2.07. The number of carboxylic acids is 2. The number of aliphatic carboxylic acids is 2. The molecule has 142 heavy (non-hydrogen) atoms. The van der Waals surface area contributed by atoms with E-state index in [4.69, 9.17) is 65.5 Å². The zero-order valence-corrected chi connectivity index (χ0v) is 79.1. The van der Waals surface area contributed by atoms with Crippen LogP contribution in [0.15, 0.2) is 296 Å². The molecule has 718 valence electrons. The van der Waals surface area contributed by atoms with E-state index in [1.54, 1.807) is 54.2 Å².